The van der Waals surface area contributed by atoms with E-state index < -0.39 is 0 Å². The SMILES string of the molecule is C=C(/C=c1/c(-c2nc3nccc(-c4cccc(F)c4)c3[nH]2)n[nH]/c1=C/C)c1ccncc1. The number of hydrogen-bond acceptors (Lipinski definition) is 4. The van der Waals surface area contributed by atoms with Crippen molar-refractivity contribution in [2.75, 3.05) is 0 Å². The minimum atomic E-state index is -0.297. The molecule has 0 saturated carbocycles. The van der Waals surface area contributed by atoms with E-state index in [2.05, 4.69) is 36.7 Å². The molecule has 2 N–H and O–H groups in total. The van der Waals surface area contributed by atoms with E-state index in [1.807, 2.05) is 43.3 Å². The van der Waals surface area contributed by atoms with E-state index in [9.17, 15) is 4.39 Å². The Kier molecular flexibility index (Phi) is 4.91. The van der Waals surface area contributed by atoms with Crippen LogP contribution >= 0.6 is 0 Å². The van der Waals surface area contributed by atoms with Crippen LogP contribution in [0.1, 0.15) is 12.5 Å². The van der Waals surface area contributed by atoms with Crippen molar-refractivity contribution in [1.82, 2.24) is 30.1 Å². The summed E-state index contributed by atoms with van der Waals surface area (Å²) in [5.74, 6) is 0.267. The van der Waals surface area contributed by atoms with Crippen molar-refractivity contribution in [3.05, 3.63) is 89.6 Å². The topological polar surface area (TPSA) is 83.1 Å². The van der Waals surface area contributed by atoms with Gasteiger partial charge in [0, 0.05) is 29.4 Å². The number of fused-ring (bicyclic) bond motifs is 1. The number of nitrogens with one attached hydrogen (secondary N) is 2. The first-order valence-corrected chi connectivity index (χ1v) is 10.1. The Morgan fingerprint density at radius 3 is 2.72 bits per heavy atom. The van der Waals surface area contributed by atoms with Gasteiger partial charge in [0.25, 0.3) is 0 Å². The maximum Gasteiger partial charge on any atom is 0.178 e. The van der Waals surface area contributed by atoms with Crippen LogP contribution in [0.15, 0.2) is 67.6 Å². The molecule has 5 rings (SSSR count). The summed E-state index contributed by atoms with van der Waals surface area (Å²) in [6, 6.07) is 12.1. The van der Waals surface area contributed by atoms with Crippen molar-refractivity contribution in [1.29, 1.82) is 0 Å². The predicted molar refractivity (Wildman–Crippen MR) is 124 cm³/mol. The van der Waals surface area contributed by atoms with Crippen LogP contribution in [-0.4, -0.2) is 30.1 Å². The van der Waals surface area contributed by atoms with E-state index in [0.717, 1.165) is 38.3 Å². The minimum Gasteiger partial charge on any atom is -0.335 e. The largest absolute Gasteiger partial charge is 0.335 e. The third kappa shape index (κ3) is 3.50. The molecule has 0 saturated heterocycles. The average molecular weight is 422 g/mol. The van der Waals surface area contributed by atoms with E-state index in [0.29, 0.717) is 17.2 Å². The summed E-state index contributed by atoms with van der Waals surface area (Å²) in [7, 11) is 0. The summed E-state index contributed by atoms with van der Waals surface area (Å²) in [5, 5.41) is 9.27. The Morgan fingerprint density at radius 1 is 1.09 bits per heavy atom. The van der Waals surface area contributed by atoms with Crippen molar-refractivity contribution in [2.45, 2.75) is 6.92 Å². The third-order valence-corrected chi connectivity index (χ3v) is 5.24. The van der Waals surface area contributed by atoms with Crippen molar-refractivity contribution in [2.24, 2.45) is 0 Å². The van der Waals surface area contributed by atoms with Crippen LogP contribution in [0.3, 0.4) is 0 Å². The monoisotopic (exact) mass is 422 g/mol. The van der Waals surface area contributed by atoms with Gasteiger partial charge in [0.1, 0.15) is 11.5 Å². The molecule has 0 unspecified atom stereocenters. The smallest absolute Gasteiger partial charge is 0.178 e. The van der Waals surface area contributed by atoms with Gasteiger partial charge < -0.3 is 4.98 Å². The van der Waals surface area contributed by atoms with Crippen LogP contribution in [0.5, 0.6) is 0 Å². The van der Waals surface area contributed by atoms with Gasteiger partial charge in [0.2, 0.25) is 0 Å². The molecule has 5 aromatic rings. The molecular formula is C25H19FN6. The molecular weight excluding hydrogens is 403 g/mol. The average Bonchev–Trinajstić information content (AvgIpc) is 3.43. The zero-order chi connectivity index (χ0) is 22.1. The maximum atomic E-state index is 13.8. The predicted octanol–water partition coefficient (Wildman–Crippen LogP) is 3.84. The molecule has 0 fully saturated rings. The van der Waals surface area contributed by atoms with E-state index >= 15 is 0 Å². The first-order valence-electron chi connectivity index (χ1n) is 10.1. The van der Waals surface area contributed by atoms with Gasteiger partial charge in [-0.2, -0.15) is 5.10 Å². The lowest BCUT2D eigenvalue weighted by atomic mass is 10.1. The molecule has 6 nitrogen and oxygen atoms in total. The second-order valence-corrected chi connectivity index (χ2v) is 7.25. The Balaban J connectivity index is 1.68. The zero-order valence-corrected chi connectivity index (χ0v) is 17.3. The highest BCUT2D eigenvalue weighted by atomic mass is 19.1. The van der Waals surface area contributed by atoms with Crippen LogP contribution in [0, 0.1) is 5.82 Å². The lowest BCUT2D eigenvalue weighted by molar-refractivity contribution is 0.628. The Bertz CT molecular complexity index is 1560. The van der Waals surface area contributed by atoms with E-state index in [4.69, 9.17) is 0 Å². The molecule has 4 aromatic heterocycles. The summed E-state index contributed by atoms with van der Waals surface area (Å²) < 4.78 is 13.8. The number of allylic oxidation sites excluding steroid dienone is 1. The number of nitrogens with zero attached hydrogens (tertiary/aromatic N) is 4. The molecule has 0 spiro atoms. The minimum absolute atomic E-state index is 0.297. The summed E-state index contributed by atoms with van der Waals surface area (Å²) in [5.41, 5.74) is 5.26. The van der Waals surface area contributed by atoms with E-state index in [1.165, 1.54) is 12.1 Å². The molecule has 0 atom stereocenters. The summed E-state index contributed by atoms with van der Waals surface area (Å²) in [4.78, 5) is 16.4. The molecule has 0 amide bonds. The third-order valence-electron chi connectivity index (χ3n) is 5.24. The van der Waals surface area contributed by atoms with Crippen molar-refractivity contribution >= 4 is 28.9 Å². The Labute approximate surface area is 182 Å². The standard InChI is InChI=1S/C25H19FN6/c1-3-21-20(13-15(2)16-7-10-27-11-8-16)23(32-31-21)25-29-22-19(9-12-28-24(22)30-25)17-5-4-6-18(26)14-17/h3-14,31H,2H2,1H3,(H,28,29,30)/b20-13+,21-3+. The number of H-pyrrole nitrogens is 2. The highest BCUT2D eigenvalue weighted by Gasteiger charge is 2.15. The van der Waals surface area contributed by atoms with Gasteiger partial charge in [0.05, 0.1) is 10.9 Å². The molecule has 0 aliphatic rings. The van der Waals surface area contributed by atoms with Gasteiger partial charge in [-0.3, -0.25) is 10.1 Å². The highest BCUT2D eigenvalue weighted by Crippen LogP contribution is 2.28. The summed E-state index contributed by atoms with van der Waals surface area (Å²) in [6.07, 6.45) is 9.05. The Hall–Kier alpha value is -4.39. The maximum absolute atomic E-state index is 13.8. The van der Waals surface area contributed by atoms with E-state index in [-0.39, 0.29) is 5.82 Å². The number of benzene rings is 1. The number of aromatic nitrogens is 6. The molecule has 156 valence electrons. The number of rotatable bonds is 4. The van der Waals surface area contributed by atoms with Crippen LogP contribution in [0.2, 0.25) is 0 Å². The van der Waals surface area contributed by atoms with Crippen LogP contribution in [0.25, 0.3) is 51.5 Å². The number of halogens is 1. The van der Waals surface area contributed by atoms with Gasteiger partial charge in [-0.25, -0.2) is 14.4 Å². The molecule has 1 aromatic carbocycles. The molecule has 7 heteroatoms. The van der Waals surface area contributed by atoms with Crippen LogP contribution in [-0.2, 0) is 0 Å². The van der Waals surface area contributed by atoms with Crippen LogP contribution in [0.4, 0.5) is 4.39 Å². The molecule has 0 aliphatic heterocycles. The molecule has 0 radical (unpaired) electrons. The quantitative estimate of drug-likeness (QED) is 0.461. The zero-order valence-electron chi connectivity index (χ0n) is 17.3. The highest BCUT2D eigenvalue weighted by molar-refractivity contribution is 5.92. The van der Waals surface area contributed by atoms with E-state index in [1.54, 1.807) is 24.7 Å². The van der Waals surface area contributed by atoms with Gasteiger partial charge in [0.15, 0.2) is 11.5 Å². The van der Waals surface area contributed by atoms with Crippen molar-refractivity contribution < 1.29 is 4.39 Å². The molecule has 32 heavy (non-hydrogen) atoms. The van der Waals surface area contributed by atoms with Crippen molar-refractivity contribution in [3.8, 4) is 22.6 Å². The number of pyridine rings is 2. The Morgan fingerprint density at radius 2 is 1.94 bits per heavy atom. The second-order valence-electron chi connectivity index (χ2n) is 7.25. The molecule has 0 aliphatic carbocycles. The molecule has 4 heterocycles. The second kappa shape index (κ2) is 8.03. The fourth-order valence-electron chi connectivity index (χ4n) is 3.65. The normalized spacial score (nSPS) is 12.6. The summed E-state index contributed by atoms with van der Waals surface area (Å²) >= 11 is 0. The van der Waals surface area contributed by atoms with Crippen LogP contribution < -0.4 is 10.6 Å². The summed E-state index contributed by atoms with van der Waals surface area (Å²) in [6.45, 7) is 6.13. The molecule has 0 bridgehead atoms. The van der Waals surface area contributed by atoms with Gasteiger partial charge in [-0.15, -0.1) is 0 Å². The lowest BCUT2D eigenvalue weighted by Gasteiger charge is -2.02. The first-order chi connectivity index (χ1) is 15.6. The van der Waals surface area contributed by atoms with Gasteiger partial charge >= 0.3 is 0 Å². The fraction of sp³-hybridized carbons (Fsp3) is 0.0400. The number of hydrogen-bond donors (Lipinski definition) is 2. The van der Waals surface area contributed by atoms with Gasteiger partial charge in [-0.1, -0.05) is 24.8 Å². The number of imidazole rings is 1. The lowest BCUT2D eigenvalue weighted by Crippen LogP contribution is -2.23. The van der Waals surface area contributed by atoms with Gasteiger partial charge in [-0.05, 0) is 60.0 Å². The first kappa shape index (κ1) is 19.6. The van der Waals surface area contributed by atoms with Crippen molar-refractivity contribution in [3.63, 3.8) is 0 Å². The number of aromatic amines is 2. The fourth-order valence-corrected chi connectivity index (χ4v) is 3.65.